The Morgan fingerprint density at radius 1 is 0.643 bits per heavy atom. The monoisotopic (exact) mass is 583 g/mol. The number of hydrogen-bond acceptors (Lipinski definition) is 5. The molecule has 0 amide bonds. The summed E-state index contributed by atoms with van der Waals surface area (Å²) in [5, 5.41) is 1.90. The third kappa shape index (κ3) is 6.03. The summed E-state index contributed by atoms with van der Waals surface area (Å²) < 4.78 is 37.6. The lowest BCUT2D eigenvalue weighted by molar-refractivity contribution is 0.419. The number of benzene rings is 4. The average Bonchev–Trinajstić information content (AvgIpc) is 3.03. The van der Waals surface area contributed by atoms with Gasteiger partial charge < -0.3 is 15.2 Å². The van der Waals surface area contributed by atoms with E-state index < -0.39 is 0 Å². The molecular formula is C34H28ClF2N3O2. The standard InChI is InChI=1S/C17H13ClFNO.C17H15FN2O/c1-21-15-7-3-5-11-8-13(10-18)16(20-17(11)15)12-4-2-6-14(19)9-12;1-21-15-7-3-5-11-8-13(10-19)16(20-17(11)15)12-4-2-6-14(18)9-12/h2-9H,10H2,1H3;2-9H,10,19H2,1H3. The van der Waals surface area contributed by atoms with Gasteiger partial charge in [-0.1, -0.05) is 48.5 Å². The van der Waals surface area contributed by atoms with Gasteiger partial charge in [0.15, 0.2) is 0 Å². The van der Waals surface area contributed by atoms with Crippen molar-refractivity contribution in [2.75, 3.05) is 14.2 Å². The van der Waals surface area contributed by atoms with Crippen LogP contribution in [0.2, 0.25) is 0 Å². The minimum atomic E-state index is -0.296. The van der Waals surface area contributed by atoms with Crippen molar-refractivity contribution in [3.8, 4) is 34.0 Å². The molecule has 0 bridgehead atoms. The Hall–Kier alpha value is -4.59. The molecule has 0 aliphatic heterocycles. The highest BCUT2D eigenvalue weighted by Gasteiger charge is 2.13. The van der Waals surface area contributed by atoms with Crippen LogP contribution in [0.3, 0.4) is 0 Å². The fraction of sp³-hybridized carbons (Fsp3) is 0.118. The quantitative estimate of drug-likeness (QED) is 0.200. The number of alkyl halides is 1. The van der Waals surface area contributed by atoms with Crippen LogP contribution in [0.5, 0.6) is 11.5 Å². The zero-order valence-electron chi connectivity index (χ0n) is 23.1. The first-order valence-corrected chi connectivity index (χ1v) is 13.7. The van der Waals surface area contributed by atoms with Gasteiger partial charge in [-0.2, -0.15) is 0 Å². The highest BCUT2D eigenvalue weighted by atomic mass is 35.5. The number of rotatable bonds is 6. The van der Waals surface area contributed by atoms with Crippen LogP contribution in [0.4, 0.5) is 8.78 Å². The first-order valence-electron chi connectivity index (χ1n) is 13.2. The van der Waals surface area contributed by atoms with E-state index in [-0.39, 0.29) is 11.6 Å². The maximum atomic E-state index is 13.5. The molecule has 42 heavy (non-hydrogen) atoms. The average molecular weight is 584 g/mol. The van der Waals surface area contributed by atoms with Gasteiger partial charge in [0, 0.05) is 34.3 Å². The fourth-order valence-electron chi connectivity index (χ4n) is 4.79. The smallest absolute Gasteiger partial charge is 0.145 e. The molecule has 6 rings (SSSR count). The lowest BCUT2D eigenvalue weighted by Gasteiger charge is -2.11. The number of hydrogen-bond donors (Lipinski definition) is 1. The number of nitrogens with two attached hydrogens (primary N) is 1. The normalized spacial score (nSPS) is 10.8. The summed E-state index contributed by atoms with van der Waals surface area (Å²) in [5.41, 5.74) is 11.8. The van der Waals surface area contributed by atoms with E-state index in [0.717, 1.165) is 32.9 Å². The van der Waals surface area contributed by atoms with Gasteiger partial charge in [-0.25, -0.2) is 18.7 Å². The van der Waals surface area contributed by atoms with Crippen molar-refractivity contribution >= 4 is 33.4 Å². The van der Waals surface area contributed by atoms with Gasteiger partial charge >= 0.3 is 0 Å². The zero-order valence-corrected chi connectivity index (χ0v) is 23.8. The van der Waals surface area contributed by atoms with Gasteiger partial charge in [-0.15, -0.1) is 11.6 Å². The second-order valence-electron chi connectivity index (χ2n) is 9.41. The Morgan fingerprint density at radius 2 is 1.10 bits per heavy atom. The number of aromatic nitrogens is 2. The topological polar surface area (TPSA) is 70.3 Å². The fourth-order valence-corrected chi connectivity index (χ4v) is 4.99. The summed E-state index contributed by atoms with van der Waals surface area (Å²) in [6.45, 7) is 0.339. The molecule has 0 radical (unpaired) electrons. The number of nitrogens with zero attached hydrogens (tertiary/aromatic N) is 2. The lowest BCUT2D eigenvalue weighted by atomic mass is 10.0. The Morgan fingerprint density at radius 3 is 1.52 bits per heavy atom. The Balaban J connectivity index is 0.000000168. The highest BCUT2D eigenvalue weighted by molar-refractivity contribution is 6.17. The lowest BCUT2D eigenvalue weighted by Crippen LogP contribution is -2.02. The molecule has 6 aromatic rings. The molecule has 0 saturated carbocycles. The van der Waals surface area contributed by atoms with E-state index in [1.807, 2.05) is 60.7 Å². The van der Waals surface area contributed by atoms with Crippen LogP contribution in [0, 0.1) is 11.6 Å². The van der Waals surface area contributed by atoms with Crippen molar-refractivity contribution in [2.24, 2.45) is 5.73 Å². The molecule has 2 N–H and O–H groups in total. The van der Waals surface area contributed by atoms with Gasteiger partial charge in [0.05, 0.1) is 25.6 Å². The largest absolute Gasteiger partial charge is 0.494 e. The van der Waals surface area contributed by atoms with Crippen LogP contribution < -0.4 is 15.2 Å². The molecule has 0 saturated heterocycles. The number of methoxy groups -OCH3 is 2. The molecule has 2 aromatic heterocycles. The summed E-state index contributed by atoms with van der Waals surface area (Å²) in [4.78, 5) is 9.31. The van der Waals surface area contributed by atoms with Crippen molar-refractivity contribution in [3.05, 3.63) is 120 Å². The Labute approximate surface area is 247 Å². The van der Waals surface area contributed by atoms with Crippen LogP contribution in [0.15, 0.2) is 97.1 Å². The van der Waals surface area contributed by atoms with Gasteiger partial charge in [0.25, 0.3) is 0 Å². The molecule has 0 aliphatic rings. The SMILES string of the molecule is COc1cccc2cc(CCl)c(-c3cccc(F)c3)nc12.COc1cccc2cc(CN)c(-c3cccc(F)c3)nc12. The van der Waals surface area contributed by atoms with Crippen LogP contribution in [0.1, 0.15) is 11.1 Å². The minimum Gasteiger partial charge on any atom is -0.494 e. The van der Waals surface area contributed by atoms with Crippen molar-refractivity contribution in [3.63, 3.8) is 0 Å². The number of para-hydroxylation sites is 2. The van der Waals surface area contributed by atoms with Gasteiger partial charge in [-0.05, 0) is 59.7 Å². The molecule has 5 nitrogen and oxygen atoms in total. The van der Waals surface area contributed by atoms with E-state index in [2.05, 4.69) is 9.97 Å². The summed E-state index contributed by atoms with van der Waals surface area (Å²) in [6, 6.07) is 28.1. The summed E-state index contributed by atoms with van der Waals surface area (Å²) in [6.07, 6.45) is 0. The number of fused-ring (bicyclic) bond motifs is 2. The van der Waals surface area contributed by atoms with Crippen molar-refractivity contribution < 1.29 is 18.3 Å². The van der Waals surface area contributed by atoms with Crippen LogP contribution in [-0.2, 0) is 12.4 Å². The van der Waals surface area contributed by atoms with Crippen LogP contribution in [0.25, 0.3) is 44.3 Å². The number of pyridine rings is 2. The molecule has 212 valence electrons. The van der Waals surface area contributed by atoms with E-state index in [0.29, 0.717) is 46.4 Å². The Bertz CT molecular complexity index is 1740. The molecule has 4 aromatic carbocycles. The molecule has 8 heteroatoms. The molecule has 2 heterocycles. The second kappa shape index (κ2) is 12.9. The highest BCUT2D eigenvalue weighted by Crippen LogP contribution is 2.32. The molecule has 0 spiro atoms. The number of ether oxygens (including phenoxy) is 2. The molecule has 0 fully saturated rings. The van der Waals surface area contributed by atoms with Crippen molar-refractivity contribution in [1.82, 2.24) is 9.97 Å². The first-order chi connectivity index (χ1) is 20.4. The predicted octanol–water partition coefficient (Wildman–Crippen LogP) is 8.30. The van der Waals surface area contributed by atoms with E-state index in [1.165, 1.54) is 24.3 Å². The zero-order chi connectivity index (χ0) is 29.6. The third-order valence-corrected chi connectivity index (χ3v) is 7.06. The van der Waals surface area contributed by atoms with Crippen LogP contribution in [-0.4, -0.2) is 24.2 Å². The molecule has 0 aliphatic carbocycles. The Kier molecular flexibility index (Phi) is 8.91. The molecule has 0 unspecified atom stereocenters. The maximum absolute atomic E-state index is 13.5. The van der Waals surface area contributed by atoms with E-state index in [4.69, 9.17) is 26.8 Å². The van der Waals surface area contributed by atoms with Crippen LogP contribution >= 0.6 is 11.6 Å². The minimum absolute atomic E-state index is 0.294. The van der Waals surface area contributed by atoms with Crippen molar-refractivity contribution in [1.29, 1.82) is 0 Å². The van der Waals surface area contributed by atoms with Crippen molar-refractivity contribution in [2.45, 2.75) is 12.4 Å². The van der Waals surface area contributed by atoms with E-state index in [9.17, 15) is 8.78 Å². The van der Waals surface area contributed by atoms with E-state index in [1.54, 1.807) is 26.4 Å². The van der Waals surface area contributed by atoms with Gasteiger partial charge in [0.2, 0.25) is 0 Å². The molecular weight excluding hydrogens is 556 g/mol. The third-order valence-electron chi connectivity index (χ3n) is 6.78. The predicted molar refractivity (Wildman–Crippen MR) is 165 cm³/mol. The van der Waals surface area contributed by atoms with Gasteiger partial charge in [0.1, 0.15) is 34.2 Å². The summed E-state index contributed by atoms with van der Waals surface area (Å²) >= 11 is 6.03. The maximum Gasteiger partial charge on any atom is 0.145 e. The number of halogens is 3. The first kappa shape index (κ1) is 28.9. The molecule has 0 atom stereocenters. The van der Waals surface area contributed by atoms with E-state index >= 15 is 0 Å². The summed E-state index contributed by atoms with van der Waals surface area (Å²) in [5.74, 6) is 1.10. The van der Waals surface area contributed by atoms with Gasteiger partial charge in [-0.3, -0.25) is 0 Å². The summed E-state index contributed by atoms with van der Waals surface area (Å²) in [7, 11) is 3.21. The second-order valence-corrected chi connectivity index (χ2v) is 9.68.